The zero-order valence-electron chi connectivity index (χ0n) is 48.9. The molecule has 3 N–H and O–H groups in total. The lowest BCUT2D eigenvalue weighted by atomic mass is 10.0. The van der Waals surface area contributed by atoms with Crippen molar-refractivity contribution in [2.75, 3.05) is 13.2 Å². The summed E-state index contributed by atoms with van der Waals surface area (Å²) in [7, 11) is 0. The summed E-state index contributed by atoms with van der Waals surface area (Å²) in [6.45, 7) is 4.92. The van der Waals surface area contributed by atoms with Crippen LogP contribution in [0.15, 0.2) is 12.2 Å². The van der Waals surface area contributed by atoms with E-state index in [0.717, 1.165) is 38.5 Å². The number of hydrogen-bond acceptors (Lipinski definition) is 5. The van der Waals surface area contributed by atoms with Crippen molar-refractivity contribution in [2.24, 2.45) is 0 Å². The largest absolute Gasteiger partial charge is 0.466 e. The minimum Gasteiger partial charge on any atom is -0.466 e. The number of hydrogen-bond donors (Lipinski definition) is 3. The normalized spacial score (nSPS) is 12.6. The Balaban J connectivity index is 3.30. The minimum absolute atomic E-state index is 0.0216. The molecule has 0 radical (unpaired) electrons. The molecule has 0 bridgehead atoms. The number of nitrogens with one attached hydrogen (secondary N) is 1. The summed E-state index contributed by atoms with van der Waals surface area (Å²) in [5.41, 5.74) is 0. The molecular weight excluding hydrogens is 887 g/mol. The standard InChI is InChI=1S/C66H129NO5/c1-3-5-7-9-11-13-38-42-46-50-54-58-64(69)63(62-68)67-65(70)59-55-51-47-43-40-36-34-32-30-28-26-24-22-20-18-16-15-17-19-21-23-25-27-29-31-33-35-37-41-45-49-53-57-61-72-66(71)60-56-52-48-44-39-14-12-10-8-6-4-2/h54,58,63-64,68-69H,3-53,55-57,59-62H2,1-2H3,(H,67,70)/b58-54+. The number of esters is 1. The summed E-state index contributed by atoms with van der Waals surface area (Å²) in [6.07, 6.45) is 75.8. The lowest BCUT2D eigenvalue weighted by Gasteiger charge is -2.20. The third kappa shape index (κ3) is 57.9. The van der Waals surface area contributed by atoms with E-state index in [-0.39, 0.29) is 18.5 Å². The van der Waals surface area contributed by atoms with E-state index >= 15 is 0 Å². The number of aliphatic hydroxyl groups excluding tert-OH is 2. The number of amides is 1. The van der Waals surface area contributed by atoms with Gasteiger partial charge in [-0.2, -0.15) is 0 Å². The second-order valence-electron chi connectivity index (χ2n) is 22.8. The van der Waals surface area contributed by atoms with Gasteiger partial charge in [0, 0.05) is 12.8 Å². The SMILES string of the molecule is CCCCCCCCCCC/C=C/C(O)C(CO)NC(=O)CCCCCCCCCCCCCCCCCCCCCCCCCCCCCCCCCCCOC(=O)CCCCCCCCCCCCC. The van der Waals surface area contributed by atoms with Gasteiger partial charge in [0.05, 0.1) is 25.4 Å². The van der Waals surface area contributed by atoms with E-state index in [0.29, 0.717) is 19.4 Å². The molecule has 2 atom stereocenters. The average Bonchev–Trinajstić information content (AvgIpc) is 3.38. The Bertz CT molecular complexity index is 1080. The maximum absolute atomic E-state index is 12.4. The number of unbranched alkanes of at least 4 members (excludes halogenated alkanes) is 51. The van der Waals surface area contributed by atoms with Crippen LogP contribution in [-0.2, 0) is 14.3 Å². The molecule has 0 aromatic rings. The fourth-order valence-corrected chi connectivity index (χ4v) is 10.5. The second-order valence-corrected chi connectivity index (χ2v) is 22.8. The van der Waals surface area contributed by atoms with E-state index < -0.39 is 12.1 Å². The molecule has 428 valence electrons. The fraction of sp³-hybridized carbons (Fsp3) is 0.939. The molecule has 0 aliphatic carbocycles. The topological polar surface area (TPSA) is 95.9 Å². The van der Waals surface area contributed by atoms with Crippen LogP contribution < -0.4 is 5.32 Å². The van der Waals surface area contributed by atoms with Crippen molar-refractivity contribution in [3.8, 4) is 0 Å². The summed E-state index contributed by atoms with van der Waals surface area (Å²) < 4.78 is 5.48. The molecule has 6 heteroatoms. The van der Waals surface area contributed by atoms with E-state index in [1.165, 1.54) is 308 Å². The van der Waals surface area contributed by atoms with Gasteiger partial charge in [-0.25, -0.2) is 0 Å². The van der Waals surface area contributed by atoms with E-state index in [1.54, 1.807) is 6.08 Å². The van der Waals surface area contributed by atoms with Crippen molar-refractivity contribution >= 4 is 11.9 Å². The Morgan fingerprint density at radius 3 is 0.944 bits per heavy atom. The number of aliphatic hydroxyl groups is 2. The molecule has 0 aromatic carbocycles. The molecule has 6 nitrogen and oxygen atoms in total. The highest BCUT2D eigenvalue weighted by atomic mass is 16.5. The molecule has 0 spiro atoms. The molecule has 0 aliphatic rings. The Labute approximate surface area is 450 Å². The lowest BCUT2D eigenvalue weighted by Crippen LogP contribution is -2.45. The van der Waals surface area contributed by atoms with Crippen LogP contribution in [0.1, 0.15) is 373 Å². The Kier molecular flexibility index (Phi) is 60.9. The average molecular weight is 1020 g/mol. The van der Waals surface area contributed by atoms with Gasteiger partial charge in [0.15, 0.2) is 0 Å². The van der Waals surface area contributed by atoms with Gasteiger partial charge in [0.2, 0.25) is 5.91 Å². The van der Waals surface area contributed by atoms with Crippen molar-refractivity contribution in [3.63, 3.8) is 0 Å². The molecule has 0 rings (SSSR count). The minimum atomic E-state index is -0.838. The Morgan fingerprint density at radius 2 is 0.639 bits per heavy atom. The van der Waals surface area contributed by atoms with Crippen LogP contribution in [0.5, 0.6) is 0 Å². The number of rotatable bonds is 62. The van der Waals surface area contributed by atoms with Crippen molar-refractivity contribution < 1.29 is 24.5 Å². The monoisotopic (exact) mass is 1020 g/mol. The molecule has 0 heterocycles. The van der Waals surface area contributed by atoms with Gasteiger partial charge in [-0.05, 0) is 32.1 Å². The molecule has 0 fully saturated rings. The van der Waals surface area contributed by atoms with Gasteiger partial charge in [0.25, 0.3) is 0 Å². The van der Waals surface area contributed by atoms with Crippen LogP contribution in [0.25, 0.3) is 0 Å². The van der Waals surface area contributed by atoms with Crippen molar-refractivity contribution in [1.82, 2.24) is 5.32 Å². The van der Waals surface area contributed by atoms with Gasteiger partial charge < -0.3 is 20.3 Å². The fourth-order valence-electron chi connectivity index (χ4n) is 10.5. The maximum atomic E-state index is 12.4. The highest BCUT2D eigenvalue weighted by molar-refractivity contribution is 5.76. The first-order chi connectivity index (χ1) is 35.5. The van der Waals surface area contributed by atoms with Crippen LogP contribution in [0.2, 0.25) is 0 Å². The molecule has 0 aromatic heterocycles. The molecule has 0 saturated heterocycles. The number of ether oxygens (including phenoxy) is 1. The van der Waals surface area contributed by atoms with Crippen LogP contribution in [-0.4, -0.2) is 47.4 Å². The van der Waals surface area contributed by atoms with Crippen molar-refractivity contribution in [3.05, 3.63) is 12.2 Å². The van der Waals surface area contributed by atoms with Gasteiger partial charge in [-0.3, -0.25) is 9.59 Å². The van der Waals surface area contributed by atoms with Crippen LogP contribution in [0.3, 0.4) is 0 Å². The van der Waals surface area contributed by atoms with Crippen LogP contribution in [0, 0.1) is 0 Å². The molecule has 0 saturated carbocycles. The number of allylic oxidation sites excluding steroid dienone is 1. The highest BCUT2D eigenvalue weighted by Gasteiger charge is 2.18. The molecule has 2 unspecified atom stereocenters. The quantitative estimate of drug-likeness (QED) is 0.0320. The predicted molar refractivity (Wildman–Crippen MR) is 315 cm³/mol. The molecule has 0 aliphatic heterocycles. The summed E-state index contributed by atoms with van der Waals surface area (Å²) in [5.74, 6) is -0.0411. The van der Waals surface area contributed by atoms with Crippen LogP contribution in [0.4, 0.5) is 0 Å². The first-order valence-corrected chi connectivity index (χ1v) is 33.0. The van der Waals surface area contributed by atoms with Gasteiger partial charge >= 0.3 is 5.97 Å². The number of carbonyl (C=O) groups excluding carboxylic acids is 2. The van der Waals surface area contributed by atoms with E-state index in [4.69, 9.17) is 4.74 Å². The first-order valence-electron chi connectivity index (χ1n) is 33.0. The van der Waals surface area contributed by atoms with Crippen molar-refractivity contribution in [2.45, 2.75) is 386 Å². The van der Waals surface area contributed by atoms with Gasteiger partial charge in [0.1, 0.15) is 0 Å². The molecule has 72 heavy (non-hydrogen) atoms. The molecule has 1 amide bonds. The summed E-state index contributed by atoms with van der Waals surface area (Å²) in [5, 5.41) is 23.0. The summed E-state index contributed by atoms with van der Waals surface area (Å²) in [6, 6.07) is -0.621. The van der Waals surface area contributed by atoms with E-state index in [2.05, 4.69) is 19.2 Å². The van der Waals surface area contributed by atoms with E-state index in [1.807, 2.05) is 6.08 Å². The predicted octanol–water partition coefficient (Wildman–Crippen LogP) is 20.8. The smallest absolute Gasteiger partial charge is 0.305 e. The zero-order valence-corrected chi connectivity index (χ0v) is 48.9. The summed E-state index contributed by atoms with van der Waals surface area (Å²) in [4.78, 5) is 24.4. The Hall–Kier alpha value is -1.40. The highest BCUT2D eigenvalue weighted by Crippen LogP contribution is 2.19. The Morgan fingerprint density at radius 1 is 0.375 bits per heavy atom. The second kappa shape index (κ2) is 62.1. The third-order valence-corrected chi connectivity index (χ3v) is 15.6. The van der Waals surface area contributed by atoms with Gasteiger partial charge in [-0.15, -0.1) is 0 Å². The van der Waals surface area contributed by atoms with Crippen LogP contribution >= 0.6 is 0 Å². The molecular formula is C66H129NO5. The third-order valence-electron chi connectivity index (χ3n) is 15.6. The summed E-state index contributed by atoms with van der Waals surface area (Å²) >= 11 is 0. The maximum Gasteiger partial charge on any atom is 0.305 e. The number of carbonyl (C=O) groups is 2. The van der Waals surface area contributed by atoms with E-state index in [9.17, 15) is 19.8 Å². The van der Waals surface area contributed by atoms with Crippen molar-refractivity contribution in [1.29, 1.82) is 0 Å². The first kappa shape index (κ1) is 70.6. The van der Waals surface area contributed by atoms with Gasteiger partial charge in [-0.1, -0.05) is 341 Å². The zero-order chi connectivity index (χ0) is 52.2. The lowest BCUT2D eigenvalue weighted by molar-refractivity contribution is -0.143.